The van der Waals surface area contributed by atoms with E-state index in [9.17, 15) is 14.4 Å². The maximum Gasteiger partial charge on any atom is 0.254 e. The van der Waals surface area contributed by atoms with E-state index >= 15 is 0 Å². The molecule has 0 saturated heterocycles. The van der Waals surface area contributed by atoms with Gasteiger partial charge in [0.15, 0.2) is 0 Å². The van der Waals surface area contributed by atoms with E-state index in [0.29, 0.717) is 18.7 Å². The number of rotatable bonds is 6. The average molecular weight is 343 g/mol. The van der Waals surface area contributed by atoms with Crippen LogP contribution in [0.5, 0.6) is 0 Å². The third kappa shape index (κ3) is 4.47. The first kappa shape index (κ1) is 18.7. The molecule has 2 N–H and O–H groups in total. The molecule has 3 amide bonds. The van der Waals surface area contributed by atoms with Gasteiger partial charge in [0.05, 0.1) is 6.54 Å². The van der Waals surface area contributed by atoms with Crippen molar-refractivity contribution in [3.8, 4) is 0 Å². The number of carbonyl (C=O) groups is 3. The van der Waals surface area contributed by atoms with Crippen molar-refractivity contribution in [1.29, 1.82) is 0 Å². The van der Waals surface area contributed by atoms with E-state index in [4.69, 9.17) is 5.73 Å². The summed E-state index contributed by atoms with van der Waals surface area (Å²) >= 11 is 0. The highest BCUT2D eigenvalue weighted by Gasteiger charge is 2.30. The second-order valence-electron chi connectivity index (χ2n) is 6.66. The van der Waals surface area contributed by atoms with Crippen LogP contribution in [0.15, 0.2) is 30.3 Å². The molecule has 25 heavy (non-hydrogen) atoms. The zero-order chi connectivity index (χ0) is 18.6. The third-order valence-electron chi connectivity index (χ3n) is 4.09. The van der Waals surface area contributed by atoms with E-state index < -0.39 is 5.91 Å². The molecule has 6 nitrogen and oxygen atoms in total. The average Bonchev–Trinajstić information content (AvgIpc) is 2.54. The van der Waals surface area contributed by atoms with Crippen molar-refractivity contribution in [1.82, 2.24) is 9.80 Å². The summed E-state index contributed by atoms with van der Waals surface area (Å²) in [6.45, 7) is 6.34. The lowest BCUT2D eigenvalue weighted by atomic mass is 9.94. The molecule has 0 fully saturated rings. The Labute approximate surface area is 148 Å². The zero-order valence-electron chi connectivity index (χ0n) is 15.0. The SMILES string of the molecule is C/C=C1/C(=O)N(CC(=O)N(CC(N)=O)CC(C)C)Cc2ccccc21. The molecule has 0 aromatic heterocycles. The monoisotopic (exact) mass is 343 g/mol. The molecule has 1 aromatic rings. The summed E-state index contributed by atoms with van der Waals surface area (Å²) in [4.78, 5) is 39.6. The molecule has 6 heteroatoms. The molecule has 0 radical (unpaired) electrons. The van der Waals surface area contributed by atoms with Gasteiger partial charge in [-0.1, -0.05) is 44.2 Å². The number of hydrogen-bond acceptors (Lipinski definition) is 3. The number of nitrogens with two attached hydrogens (primary N) is 1. The van der Waals surface area contributed by atoms with Gasteiger partial charge in [-0.15, -0.1) is 0 Å². The van der Waals surface area contributed by atoms with Crippen LogP contribution in [0.3, 0.4) is 0 Å². The Hall–Kier alpha value is -2.63. The van der Waals surface area contributed by atoms with E-state index in [1.807, 2.05) is 45.0 Å². The molecule has 1 aliphatic heterocycles. The topological polar surface area (TPSA) is 83.7 Å². The smallest absolute Gasteiger partial charge is 0.254 e. The summed E-state index contributed by atoms with van der Waals surface area (Å²) in [5, 5.41) is 0. The van der Waals surface area contributed by atoms with Gasteiger partial charge >= 0.3 is 0 Å². The minimum atomic E-state index is -0.557. The van der Waals surface area contributed by atoms with E-state index in [-0.39, 0.29) is 30.8 Å². The standard InChI is InChI=1S/C19H25N3O3/c1-4-15-16-8-6-5-7-14(16)10-22(19(15)25)12-18(24)21(9-13(2)3)11-17(20)23/h4-8,13H,9-12H2,1-3H3,(H2,20,23)/b15-4+. The molecule has 0 saturated carbocycles. The summed E-state index contributed by atoms with van der Waals surface area (Å²) < 4.78 is 0. The normalized spacial score (nSPS) is 15.4. The summed E-state index contributed by atoms with van der Waals surface area (Å²) in [5.41, 5.74) is 7.77. The fraction of sp³-hybridized carbons (Fsp3) is 0.421. The molecular weight excluding hydrogens is 318 g/mol. The van der Waals surface area contributed by atoms with Crippen molar-refractivity contribution in [2.45, 2.75) is 27.3 Å². The predicted molar refractivity (Wildman–Crippen MR) is 96.1 cm³/mol. The van der Waals surface area contributed by atoms with Gasteiger partial charge in [0, 0.05) is 18.7 Å². The van der Waals surface area contributed by atoms with Gasteiger partial charge in [-0.2, -0.15) is 0 Å². The third-order valence-corrected chi connectivity index (χ3v) is 4.09. The van der Waals surface area contributed by atoms with Gasteiger partial charge in [0.2, 0.25) is 11.8 Å². The molecule has 0 aliphatic carbocycles. The lowest BCUT2D eigenvalue weighted by molar-refractivity contribution is -0.140. The van der Waals surface area contributed by atoms with Crippen molar-refractivity contribution in [3.63, 3.8) is 0 Å². The first-order chi connectivity index (χ1) is 11.8. The Morgan fingerprint density at radius 3 is 2.60 bits per heavy atom. The van der Waals surface area contributed by atoms with Crippen molar-refractivity contribution in [3.05, 3.63) is 41.5 Å². The largest absolute Gasteiger partial charge is 0.368 e. The molecule has 0 unspecified atom stereocenters. The number of carbonyl (C=O) groups excluding carboxylic acids is 3. The lowest BCUT2D eigenvalue weighted by Gasteiger charge is -2.32. The van der Waals surface area contributed by atoms with Crippen LogP contribution in [0.1, 0.15) is 31.9 Å². The lowest BCUT2D eigenvalue weighted by Crippen LogP contribution is -2.47. The number of amides is 3. The highest BCUT2D eigenvalue weighted by molar-refractivity contribution is 6.21. The molecule has 2 rings (SSSR count). The summed E-state index contributed by atoms with van der Waals surface area (Å²) in [7, 11) is 0. The zero-order valence-corrected chi connectivity index (χ0v) is 15.0. The second-order valence-corrected chi connectivity index (χ2v) is 6.66. The van der Waals surface area contributed by atoms with Crippen LogP contribution in [0.2, 0.25) is 0 Å². The molecule has 1 aromatic carbocycles. The number of primary amides is 1. The fourth-order valence-electron chi connectivity index (χ4n) is 3.04. The van der Waals surface area contributed by atoms with Crippen molar-refractivity contribution in [2.24, 2.45) is 11.7 Å². The minimum Gasteiger partial charge on any atom is -0.368 e. The van der Waals surface area contributed by atoms with Crippen LogP contribution < -0.4 is 5.73 Å². The Bertz CT molecular complexity index is 710. The molecule has 0 spiro atoms. The Morgan fingerprint density at radius 2 is 2.00 bits per heavy atom. The van der Waals surface area contributed by atoms with Gasteiger partial charge in [0.25, 0.3) is 5.91 Å². The Balaban J connectivity index is 2.20. The van der Waals surface area contributed by atoms with Crippen LogP contribution >= 0.6 is 0 Å². The maximum absolute atomic E-state index is 12.7. The Kier molecular flexibility index (Phi) is 5.96. The highest BCUT2D eigenvalue weighted by atomic mass is 16.2. The highest BCUT2D eigenvalue weighted by Crippen LogP contribution is 2.28. The van der Waals surface area contributed by atoms with Crippen LogP contribution in [0.4, 0.5) is 0 Å². The summed E-state index contributed by atoms with van der Waals surface area (Å²) in [6.07, 6.45) is 1.77. The number of hydrogen-bond donors (Lipinski definition) is 1. The molecule has 1 heterocycles. The first-order valence-corrected chi connectivity index (χ1v) is 8.43. The quantitative estimate of drug-likeness (QED) is 0.793. The second kappa shape index (κ2) is 7.96. The van der Waals surface area contributed by atoms with E-state index in [1.165, 1.54) is 9.80 Å². The van der Waals surface area contributed by atoms with E-state index in [0.717, 1.165) is 11.1 Å². The first-order valence-electron chi connectivity index (χ1n) is 8.43. The van der Waals surface area contributed by atoms with Crippen LogP contribution in [0.25, 0.3) is 5.57 Å². The molecule has 1 aliphatic rings. The molecule has 134 valence electrons. The summed E-state index contributed by atoms with van der Waals surface area (Å²) in [6, 6.07) is 7.69. The maximum atomic E-state index is 12.7. The van der Waals surface area contributed by atoms with Crippen LogP contribution in [0, 0.1) is 5.92 Å². The fourth-order valence-corrected chi connectivity index (χ4v) is 3.04. The summed E-state index contributed by atoms with van der Waals surface area (Å²) in [5.74, 6) is -0.792. The van der Waals surface area contributed by atoms with Gasteiger partial charge in [-0.3, -0.25) is 14.4 Å². The number of allylic oxidation sites excluding steroid dienone is 1. The van der Waals surface area contributed by atoms with Crippen molar-refractivity contribution >= 4 is 23.3 Å². The molecular formula is C19H25N3O3. The predicted octanol–water partition coefficient (Wildman–Crippen LogP) is 1.40. The van der Waals surface area contributed by atoms with Crippen LogP contribution in [-0.4, -0.2) is 47.2 Å². The van der Waals surface area contributed by atoms with Gasteiger partial charge in [0.1, 0.15) is 6.54 Å². The van der Waals surface area contributed by atoms with Crippen molar-refractivity contribution in [2.75, 3.05) is 19.6 Å². The van der Waals surface area contributed by atoms with E-state index in [2.05, 4.69) is 0 Å². The molecule has 0 bridgehead atoms. The van der Waals surface area contributed by atoms with Gasteiger partial charge in [-0.05, 0) is 24.0 Å². The number of benzene rings is 1. The number of fused-ring (bicyclic) bond motifs is 1. The number of nitrogens with zero attached hydrogens (tertiary/aromatic N) is 2. The van der Waals surface area contributed by atoms with E-state index in [1.54, 1.807) is 6.08 Å². The minimum absolute atomic E-state index is 0.0650. The van der Waals surface area contributed by atoms with Gasteiger partial charge < -0.3 is 15.5 Å². The Morgan fingerprint density at radius 1 is 1.32 bits per heavy atom. The van der Waals surface area contributed by atoms with Crippen molar-refractivity contribution < 1.29 is 14.4 Å². The molecule has 0 atom stereocenters. The van der Waals surface area contributed by atoms with Gasteiger partial charge in [-0.25, -0.2) is 0 Å². The van der Waals surface area contributed by atoms with Crippen LogP contribution in [-0.2, 0) is 20.9 Å².